The van der Waals surface area contributed by atoms with E-state index in [-0.39, 0.29) is 17.7 Å². The van der Waals surface area contributed by atoms with Gasteiger partial charge in [-0.25, -0.2) is 4.98 Å². The molecule has 1 aliphatic carbocycles. The number of piperidine rings is 1. The van der Waals surface area contributed by atoms with Crippen molar-refractivity contribution in [3.63, 3.8) is 0 Å². The summed E-state index contributed by atoms with van der Waals surface area (Å²) in [7, 11) is 3.25. The summed E-state index contributed by atoms with van der Waals surface area (Å²) in [6.07, 6.45) is 5.14. The fraction of sp³-hybridized carbons (Fsp3) is 0.545. The van der Waals surface area contributed by atoms with Crippen molar-refractivity contribution >= 4 is 23.4 Å². The van der Waals surface area contributed by atoms with Gasteiger partial charge in [0.05, 0.1) is 30.1 Å². The minimum Gasteiger partial charge on any atom is -0.481 e. The third-order valence-electron chi connectivity index (χ3n) is 6.37. The van der Waals surface area contributed by atoms with Crippen LogP contribution in [0.2, 0.25) is 5.02 Å². The van der Waals surface area contributed by atoms with E-state index in [2.05, 4.69) is 20.5 Å². The number of rotatable bonds is 7. The topological polar surface area (TPSA) is 109 Å². The number of methoxy groups -OCH3 is 2. The monoisotopic (exact) mass is 461 g/mol. The lowest BCUT2D eigenvalue weighted by molar-refractivity contribution is -0.127. The summed E-state index contributed by atoms with van der Waals surface area (Å²) < 4.78 is 10.4. The molecular formula is C22H28ClN5O4. The summed E-state index contributed by atoms with van der Waals surface area (Å²) in [6, 6.07) is 3.35. The van der Waals surface area contributed by atoms with E-state index in [1.807, 2.05) is 0 Å². The summed E-state index contributed by atoms with van der Waals surface area (Å²) in [5, 5.41) is 10.5. The van der Waals surface area contributed by atoms with Crippen LogP contribution in [-0.4, -0.2) is 71.9 Å². The number of hydrogen-bond acceptors (Lipinski definition) is 6. The normalized spacial score (nSPS) is 21.2. The van der Waals surface area contributed by atoms with Crippen molar-refractivity contribution in [3.05, 3.63) is 29.0 Å². The van der Waals surface area contributed by atoms with Crippen molar-refractivity contribution in [1.82, 2.24) is 25.4 Å². The zero-order valence-corrected chi connectivity index (χ0v) is 19.0. The van der Waals surface area contributed by atoms with Gasteiger partial charge in [-0.3, -0.25) is 14.7 Å². The van der Waals surface area contributed by atoms with Gasteiger partial charge < -0.3 is 19.7 Å². The first kappa shape index (κ1) is 22.5. The summed E-state index contributed by atoms with van der Waals surface area (Å²) >= 11 is 6.23. The summed E-state index contributed by atoms with van der Waals surface area (Å²) in [4.78, 5) is 31.2. The highest BCUT2D eigenvalue weighted by Crippen LogP contribution is 2.30. The van der Waals surface area contributed by atoms with Gasteiger partial charge >= 0.3 is 0 Å². The Morgan fingerprint density at radius 2 is 2.00 bits per heavy atom. The minimum absolute atomic E-state index is 0.0576. The number of nitrogens with zero attached hydrogens (tertiary/aromatic N) is 3. The molecular weight excluding hydrogens is 434 g/mol. The molecule has 2 aliphatic rings. The second-order valence-corrected chi connectivity index (χ2v) is 8.79. The maximum absolute atomic E-state index is 12.9. The number of amides is 2. The molecule has 10 heteroatoms. The Bertz CT molecular complexity index is 967. The SMILES string of the molecule is COc1cc(-c2cc(C(=O)N3CCC(C(=O)NCC4CC(OC)C4)CC3)[nH]n2)c(Cl)cn1. The molecule has 32 heavy (non-hydrogen) atoms. The largest absolute Gasteiger partial charge is 0.481 e. The Morgan fingerprint density at radius 3 is 2.69 bits per heavy atom. The van der Waals surface area contributed by atoms with Crippen LogP contribution < -0.4 is 10.1 Å². The number of halogens is 1. The first-order chi connectivity index (χ1) is 15.5. The van der Waals surface area contributed by atoms with Crippen LogP contribution in [-0.2, 0) is 9.53 Å². The molecule has 9 nitrogen and oxygen atoms in total. The van der Waals surface area contributed by atoms with Crippen molar-refractivity contribution in [2.45, 2.75) is 31.8 Å². The van der Waals surface area contributed by atoms with Crippen LogP contribution in [0.4, 0.5) is 0 Å². The van der Waals surface area contributed by atoms with E-state index in [0.29, 0.717) is 72.4 Å². The van der Waals surface area contributed by atoms with E-state index >= 15 is 0 Å². The van der Waals surface area contributed by atoms with E-state index in [1.54, 1.807) is 24.1 Å². The van der Waals surface area contributed by atoms with Crippen LogP contribution in [0.25, 0.3) is 11.3 Å². The Morgan fingerprint density at radius 1 is 1.25 bits per heavy atom. The molecule has 4 rings (SSSR count). The molecule has 0 radical (unpaired) electrons. The summed E-state index contributed by atoms with van der Waals surface area (Å²) in [5.41, 5.74) is 1.56. The average molecular weight is 462 g/mol. The van der Waals surface area contributed by atoms with Crippen LogP contribution in [0.3, 0.4) is 0 Å². The van der Waals surface area contributed by atoms with Crippen molar-refractivity contribution in [2.75, 3.05) is 33.9 Å². The Balaban J connectivity index is 1.29. The second-order valence-electron chi connectivity index (χ2n) is 8.38. The third kappa shape index (κ3) is 4.88. The highest BCUT2D eigenvalue weighted by molar-refractivity contribution is 6.33. The fourth-order valence-electron chi connectivity index (χ4n) is 4.23. The van der Waals surface area contributed by atoms with Gasteiger partial charge in [-0.15, -0.1) is 0 Å². The number of carbonyl (C=O) groups excluding carboxylic acids is 2. The fourth-order valence-corrected chi connectivity index (χ4v) is 4.43. The highest BCUT2D eigenvalue weighted by atomic mass is 35.5. The van der Waals surface area contributed by atoms with Gasteiger partial charge in [0, 0.05) is 44.3 Å². The van der Waals surface area contributed by atoms with Crippen LogP contribution in [0.1, 0.15) is 36.2 Å². The Hall–Kier alpha value is -2.65. The lowest BCUT2D eigenvalue weighted by Crippen LogP contribution is -2.45. The summed E-state index contributed by atoms with van der Waals surface area (Å²) in [5.74, 6) is 0.811. The molecule has 2 aromatic heterocycles. The second kappa shape index (κ2) is 9.87. The maximum Gasteiger partial charge on any atom is 0.271 e. The highest BCUT2D eigenvalue weighted by Gasteiger charge is 2.32. The zero-order valence-electron chi connectivity index (χ0n) is 18.3. The molecule has 2 fully saturated rings. The number of aromatic nitrogens is 3. The first-order valence-corrected chi connectivity index (χ1v) is 11.2. The molecule has 0 atom stereocenters. The standard InChI is InChI=1S/C22H28ClN5O4/c1-31-15-7-13(8-15)11-25-21(29)14-3-5-28(6-4-14)22(30)19-10-18(26-27-19)16-9-20(32-2)24-12-17(16)23/h9-10,12-15H,3-8,11H2,1-2H3,(H,25,29)(H,26,27). The quantitative estimate of drug-likeness (QED) is 0.655. The Labute approximate surface area is 191 Å². The molecule has 172 valence electrons. The van der Waals surface area contributed by atoms with Crippen molar-refractivity contribution in [3.8, 4) is 17.1 Å². The molecule has 1 saturated heterocycles. The number of H-pyrrole nitrogens is 1. The van der Waals surface area contributed by atoms with Gasteiger partial charge in [0.1, 0.15) is 5.69 Å². The minimum atomic E-state index is -0.139. The van der Waals surface area contributed by atoms with E-state index in [1.165, 1.54) is 13.3 Å². The van der Waals surface area contributed by atoms with Gasteiger partial charge in [-0.05, 0) is 37.7 Å². The zero-order chi connectivity index (χ0) is 22.7. The van der Waals surface area contributed by atoms with E-state index in [4.69, 9.17) is 21.1 Å². The van der Waals surface area contributed by atoms with E-state index in [0.717, 1.165) is 12.8 Å². The molecule has 2 aromatic rings. The van der Waals surface area contributed by atoms with Crippen LogP contribution in [0, 0.1) is 11.8 Å². The van der Waals surface area contributed by atoms with E-state index in [9.17, 15) is 9.59 Å². The Kier molecular flexibility index (Phi) is 6.95. The van der Waals surface area contributed by atoms with Crippen molar-refractivity contribution in [2.24, 2.45) is 11.8 Å². The smallest absolute Gasteiger partial charge is 0.271 e. The molecule has 1 saturated carbocycles. The number of aromatic amines is 1. The number of nitrogens with one attached hydrogen (secondary N) is 2. The molecule has 0 aromatic carbocycles. The van der Waals surface area contributed by atoms with E-state index < -0.39 is 0 Å². The van der Waals surface area contributed by atoms with Crippen molar-refractivity contribution < 1.29 is 19.1 Å². The van der Waals surface area contributed by atoms with Gasteiger partial charge in [0.2, 0.25) is 11.8 Å². The van der Waals surface area contributed by atoms with Gasteiger partial charge in [-0.2, -0.15) is 5.10 Å². The predicted molar refractivity (Wildman–Crippen MR) is 119 cm³/mol. The van der Waals surface area contributed by atoms with Gasteiger partial charge in [-0.1, -0.05) is 11.6 Å². The number of hydrogen-bond donors (Lipinski definition) is 2. The summed E-state index contributed by atoms with van der Waals surface area (Å²) in [6.45, 7) is 1.77. The molecule has 1 aliphatic heterocycles. The lowest BCUT2D eigenvalue weighted by atomic mass is 9.82. The first-order valence-electron chi connectivity index (χ1n) is 10.8. The molecule has 2 N–H and O–H groups in total. The molecule has 3 heterocycles. The molecule has 0 unspecified atom stereocenters. The average Bonchev–Trinajstić information content (AvgIpc) is 3.28. The van der Waals surface area contributed by atoms with Crippen LogP contribution >= 0.6 is 11.6 Å². The number of pyridine rings is 1. The lowest BCUT2D eigenvalue weighted by Gasteiger charge is -2.35. The molecule has 2 amide bonds. The number of likely N-dealkylation sites (tertiary alicyclic amines) is 1. The molecule has 0 bridgehead atoms. The van der Waals surface area contributed by atoms with Gasteiger partial charge in [0.25, 0.3) is 5.91 Å². The van der Waals surface area contributed by atoms with Crippen LogP contribution in [0.15, 0.2) is 18.3 Å². The maximum atomic E-state index is 12.9. The van der Waals surface area contributed by atoms with Crippen LogP contribution in [0.5, 0.6) is 5.88 Å². The number of carbonyl (C=O) groups is 2. The predicted octanol–water partition coefficient (Wildman–Crippen LogP) is 2.53. The van der Waals surface area contributed by atoms with Crippen molar-refractivity contribution in [1.29, 1.82) is 0 Å². The third-order valence-corrected chi connectivity index (χ3v) is 6.67. The number of ether oxygens (including phenoxy) is 2. The molecule has 0 spiro atoms. The van der Waals surface area contributed by atoms with Gasteiger partial charge in [0.15, 0.2) is 0 Å².